The van der Waals surface area contributed by atoms with Crippen molar-refractivity contribution in [2.45, 2.75) is 26.6 Å². The minimum Gasteiger partial charge on any atom is -0.465 e. The largest absolute Gasteiger partial charge is 0.465 e. The summed E-state index contributed by atoms with van der Waals surface area (Å²) < 4.78 is 13.3. The van der Waals surface area contributed by atoms with Crippen LogP contribution < -0.4 is 0 Å². The van der Waals surface area contributed by atoms with Gasteiger partial charge in [-0.05, 0) is 19.1 Å². The highest BCUT2D eigenvalue weighted by Crippen LogP contribution is 2.19. The normalized spacial score (nSPS) is 19.8. The highest BCUT2D eigenvalue weighted by Gasteiger charge is 2.23. The number of ether oxygens (including phenoxy) is 1. The van der Waals surface area contributed by atoms with Crippen LogP contribution in [-0.4, -0.2) is 34.7 Å². The fourth-order valence-electron chi connectivity index (χ4n) is 2.88. The van der Waals surface area contributed by atoms with Gasteiger partial charge in [0.15, 0.2) is 0 Å². The summed E-state index contributed by atoms with van der Waals surface area (Å²) >= 11 is 0. The fraction of sp³-hybridized carbons (Fsp3) is 0.533. The molecular weight excluding hydrogens is 254 g/mol. The van der Waals surface area contributed by atoms with Crippen molar-refractivity contribution in [1.29, 1.82) is 0 Å². The monoisotopic (exact) mass is 275 g/mol. The maximum atomic E-state index is 5.69. The van der Waals surface area contributed by atoms with Crippen LogP contribution in [0.4, 0.5) is 0 Å². The number of aromatic nitrogens is 2. The van der Waals surface area contributed by atoms with Gasteiger partial charge in [0.05, 0.1) is 19.7 Å². The highest BCUT2D eigenvalue weighted by atomic mass is 16.5. The van der Waals surface area contributed by atoms with Gasteiger partial charge in [0.25, 0.3) is 0 Å². The first kappa shape index (κ1) is 13.4. The van der Waals surface area contributed by atoms with Crippen LogP contribution in [0.2, 0.25) is 0 Å². The van der Waals surface area contributed by atoms with Crippen LogP contribution >= 0.6 is 0 Å². The molecule has 1 unspecified atom stereocenters. The summed E-state index contributed by atoms with van der Waals surface area (Å²) in [6, 6.07) is 4.07. The van der Waals surface area contributed by atoms with Gasteiger partial charge in [0.1, 0.15) is 17.3 Å². The summed E-state index contributed by atoms with van der Waals surface area (Å²) in [6.45, 7) is 6.39. The quantitative estimate of drug-likeness (QED) is 0.856. The van der Waals surface area contributed by atoms with Crippen molar-refractivity contribution in [2.75, 3.05) is 20.3 Å². The Morgan fingerprint density at radius 1 is 1.40 bits per heavy atom. The van der Waals surface area contributed by atoms with Gasteiger partial charge in [-0.2, -0.15) is 0 Å². The molecule has 2 aromatic heterocycles. The maximum absolute atomic E-state index is 5.69. The Labute approximate surface area is 119 Å². The van der Waals surface area contributed by atoms with E-state index in [4.69, 9.17) is 9.15 Å². The summed E-state index contributed by atoms with van der Waals surface area (Å²) in [5, 5.41) is 0. The summed E-state index contributed by atoms with van der Waals surface area (Å²) in [5.41, 5.74) is 0. The molecule has 0 radical (unpaired) electrons. The van der Waals surface area contributed by atoms with Crippen LogP contribution in [0.5, 0.6) is 0 Å². The number of furan rings is 1. The van der Waals surface area contributed by atoms with E-state index >= 15 is 0 Å². The zero-order valence-corrected chi connectivity index (χ0v) is 12.1. The molecule has 0 fully saturated rings. The molecule has 2 aromatic rings. The molecule has 1 aliphatic rings. The third-order valence-corrected chi connectivity index (χ3v) is 3.72. The molecule has 0 aromatic carbocycles. The lowest BCUT2D eigenvalue weighted by Gasteiger charge is -2.22. The number of imidazole rings is 1. The second-order valence-corrected chi connectivity index (χ2v) is 5.50. The van der Waals surface area contributed by atoms with E-state index in [2.05, 4.69) is 26.7 Å². The number of nitrogens with zero attached hydrogens (tertiary/aromatic N) is 3. The summed E-state index contributed by atoms with van der Waals surface area (Å²) in [5.74, 6) is 3.57. The number of methoxy groups -OCH3 is 1. The van der Waals surface area contributed by atoms with Crippen LogP contribution in [0, 0.1) is 12.8 Å². The molecule has 0 spiro atoms. The summed E-state index contributed by atoms with van der Waals surface area (Å²) in [6.07, 6.45) is 3.93. The maximum Gasteiger partial charge on any atom is 0.122 e. The van der Waals surface area contributed by atoms with E-state index in [9.17, 15) is 0 Å². The van der Waals surface area contributed by atoms with Crippen molar-refractivity contribution in [3.8, 4) is 0 Å². The van der Waals surface area contributed by atoms with Gasteiger partial charge < -0.3 is 13.7 Å². The molecule has 5 heteroatoms. The van der Waals surface area contributed by atoms with E-state index < -0.39 is 0 Å². The van der Waals surface area contributed by atoms with Crippen molar-refractivity contribution >= 4 is 0 Å². The van der Waals surface area contributed by atoms with Crippen LogP contribution in [-0.2, 0) is 24.4 Å². The molecule has 0 amide bonds. The van der Waals surface area contributed by atoms with Gasteiger partial charge in [-0.1, -0.05) is 0 Å². The number of rotatable bonds is 4. The first-order valence-corrected chi connectivity index (χ1v) is 7.01. The first-order valence-electron chi connectivity index (χ1n) is 7.01. The van der Waals surface area contributed by atoms with Crippen LogP contribution in [0.25, 0.3) is 0 Å². The Bertz CT molecular complexity index is 561. The third kappa shape index (κ3) is 2.94. The minimum atomic E-state index is 0.478. The van der Waals surface area contributed by atoms with Gasteiger partial charge in [-0.3, -0.25) is 4.90 Å². The van der Waals surface area contributed by atoms with E-state index in [1.165, 1.54) is 0 Å². The first-order chi connectivity index (χ1) is 9.74. The molecule has 0 saturated heterocycles. The van der Waals surface area contributed by atoms with Crippen LogP contribution in [0.3, 0.4) is 0 Å². The fourth-order valence-corrected chi connectivity index (χ4v) is 2.88. The molecule has 5 nitrogen and oxygen atoms in total. The predicted octanol–water partition coefficient (Wildman–Crippen LogP) is 2.06. The minimum absolute atomic E-state index is 0.478. The average Bonchev–Trinajstić information content (AvgIpc) is 2.96. The molecule has 1 aliphatic heterocycles. The zero-order valence-electron chi connectivity index (χ0n) is 12.1. The van der Waals surface area contributed by atoms with Crippen molar-refractivity contribution in [1.82, 2.24) is 14.5 Å². The summed E-state index contributed by atoms with van der Waals surface area (Å²) in [4.78, 5) is 6.84. The number of aryl methyl sites for hydroxylation is 1. The second-order valence-electron chi connectivity index (χ2n) is 5.50. The standard InChI is InChI=1S/C15H21N3O2/c1-12-3-4-14(20-12)9-17-7-13(11-19-2)8-18-6-5-16-15(18)10-17/h3-6,13H,7-11H2,1-2H3. The topological polar surface area (TPSA) is 43.4 Å². The number of hydrogen-bond donors (Lipinski definition) is 0. The van der Waals surface area contributed by atoms with Crippen molar-refractivity contribution in [3.63, 3.8) is 0 Å². The Kier molecular flexibility index (Phi) is 3.89. The van der Waals surface area contributed by atoms with E-state index in [-0.39, 0.29) is 0 Å². The van der Waals surface area contributed by atoms with Gasteiger partial charge in [0, 0.05) is 38.5 Å². The van der Waals surface area contributed by atoms with E-state index in [0.29, 0.717) is 5.92 Å². The van der Waals surface area contributed by atoms with Gasteiger partial charge in [-0.25, -0.2) is 4.98 Å². The van der Waals surface area contributed by atoms with E-state index in [1.807, 2.05) is 19.2 Å². The lowest BCUT2D eigenvalue weighted by molar-refractivity contribution is 0.112. The van der Waals surface area contributed by atoms with Crippen LogP contribution in [0.1, 0.15) is 17.3 Å². The molecule has 108 valence electrons. The van der Waals surface area contributed by atoms with Gasteiger partial charge in [0.2, 0.25) is 0 Å². The van der Waals surface area contributed by atoms with E-state index in [1.54, 1.807) is 7.11 Å². The third-order valence-electron chi connectivity index (χ3n) is 3.72. The highest BCUT2D eigenvalue weighted by molar-refractivity contribution is 5.06. The molecule has 3 rings (SSSR count). The van der Waals surface area contributed by atoms with Crippen molar-refractivity contribution in [3.05, 3.63) is 41.9 Å². The molecule has 3 heterocycles. The predicted molar refractivity (Wildman–Crippen MR) is 75.2 cm³/mol. The average molecular weight is 275 g/mol. The lowest BCUT2D eigenvalue weighted by Crippen LogP contribution is -2.29. The van der Waals surface area contributed by atoms with Gasteiger partial charge in [-0.15, -0.1) is 0 Å². The second kappa shape index (κ2) is 5.81. The molecule has 0 aliphatic carbocycles. The Morgan fingerprint density at radius 2 is 2.30 bits per heavy atom. The number of fused-ring (bicyclic) bond motifs is 1. The Morgan fingerprint density at radius 3 is 3.05 bits per heavy atom. The summed E-state index contributed by atoms with van der Waals surface area (Å²) in [7, 11) is 1.76. The molecule has 20 heavy (non-hydrogen) atoms. The van der Waals surface area contributed by atoms with Crippen molar-refractivity contribution < 1.29 is 9.15 Å². The SMILES string of the molecule is COCC1CN(Cc2ccc(C)o2)Cc2nccn2C1. The van der Waals surface area contributed by atoms with E-state index in [0.717, 1.165) is 50.1 Å². The smallest absolute Gasteiger partial charge is 0.122 e. The molecule has 0 saturated carbocycles. The molecular formula is C15H21N3O2. The lowest BCUT2D eigenvalue weighted by atomic mass is 10.1. The molecule has 1 atom stereocenters. The molecule has 0 bridgehead atoms. The number of hydrogen-bond acceptors (Lipinski definition) is 4. The Balaban J connectivity index is 1.76. The van der Waals surface area contributed by atoms with Crippen molar-refractivity contribution in [2.24, 2.45) is 5.92 Å². The van der Waals surface area contributed by atoms with Gasteiger partial charge >= 0.3 is 0 Å². The molecule has 0 N–H and O–H groups in total. The zero-order chi connectivity index (χ0) is 13.9. The Hall–Kier alpha value is -1.59. The van der Waals surface area contributed by atoms with Crippen LogP contribution in [0.15, 0.2) is 28.9 Å².